The van der Waals surface area contributed by atoms with Crippen LogP contribution < -0.4 is 0 Å². The zero-order valence-electron chi connectivity index (χ0n) is 19.9. The molecule has 0 radical (unpaired) electrons. The molecular formula is C33H21IN2. The second kappa shape index (κ2) is 6.22. The number of aromatic nitrogens is 2. The first-order valence-electron chi connectivity index (χ1n) is 12.5. The van der Waals surface area contributed by atoms with Crippen molar-refractivity contribution in [3.63, 3.8) is 0 Å². The summed E-state index contributed by atoms with van der Waals surface area (Å²) in [6, 6.07) is 34.0. The van der Waals surface area contributed by atoms with Gasteiger partial charge in [-0.15, -0.1) is 0 Å². The average molecular weight is 572 g/mol. The van der Waals surface area contributed by atoms with E-state index in [4.69, 9.17) is 0 Å². The second-order valence-corrected chi connectivity index (χ2v) is 11.7. The topological polar surface area (TPSA) is 9.34 Å². The van der Waals surface area contributed by atoms with E-state index in [1.54, 1.807) is 0 Å². The number of fused-ring (bicyclic) bond motifs is 9. The predicted octanol–water partition coefficient (Wildman–Crippen LogP) is 9.45. The van der Waals surface area contributed by atoms with Crippen LogP contribution in [0.4, 0.5) is 0 Å². The van der Waals surface area contributed by atoms with E-state index in [0.717, 1.165) is 0 Å². The molecule has 3 aromatic heterocycles. The molecule has 1 aliphatic rings. The molecule has 170 valence electrons. The van der Waals surface area contributed by atoms with Crippen LogP contribution >= 0.6 is 22.9 Å². The van der Waals surface area contributed by atoms with Gasteiger partial charge in [0, 0.05) is 37.9 Å². The summed E-state index contributed by atoms with van der Waals surface area (Å²) in [7, 11) is 0. The highest BCUT2D eigenvalue weighted by atomic mass is 127. The van der Waals surface area contributed by atoms with E-state index in [2.05, 4.69) is 135 Å². The highest BCUT2D eigenvalue weighted by Crippen LogP contribution is 2.55. The lowest BCUT2D eigenvalue weighted by Gasteiger charge is -2.21. The van der Waals surface area contributed by atoms with Gasteiger partial charge in [0.1, 0.15) is 0 Å². The highest BCUT2D eigenvalue weighted by molar-refractivity contribution is 14.1. The quantitative estimate of drug-likeness (QED) is 0.160. The van der Waals surface area contributed by atoms with Crippen molar-refractivity contribution in [3.05, 3.63) is 102 Å². The van der Waals surface area contributed by atoms with Crippen LogP contribution in [0.5, 0.6) is 0 Å². The van der Waals surface area contributed by atoms with E-state index in [1.165, 1.54) is 82.2 Å². The van der Waals surface area contributed by atoms with Crippen LogP contribution in [-0.2, 0) is 5.41 Å². The molecule has 3 heterocycles. The van der Waals surface area contributed by atoms with Crippen molar-refractivity contribution >= 4 is 82.8 Å². The maximum absolute atomic E-state index is 2.54. The number of benzene rings is 5. The molecule has 0 saturated carbocycles. The fourth-order valence-electron chi connectivity index (χ4n) is 7.23. The number of rotatable bonds is 0. The molecule has 0 atom stereocenters. The Morgan fingerprint density at radius 3 is 2.14 bits per heavy atom. The van der Waals surface area contributed by atoms with Crippen LogP contribution in [0.1, 0.15) is 25.0 Å². The van der Waals surface area contributed by atoms with Gasteiger partial charge in [-0.25, -0.2) is 0 Å². The normalized spacial score (nSPS) is 14.8. The van der Waals surface area contributed by atoms with E-state index in [1.807, 2.05) is 0 Å². The van der Waals surface area contributed by atoms with Crippen molar-refractivity contribution in [2.75, 3.05) is 0 Å². The number of hydrogen-bond donors (Lipinski definition) is 0. The highest BCUT2D eigenvalue weighted by Gasteiger charge is 2.38. The molecule has 8 aromatic rings. The van der Waals surface area contributed by atoms with Gasteiger partial charge in [0.05, 0.1) is 50.4 Å². The van der Waals surface area contributed by atoms with Crippen LogP contribution in [0.3, 0.4) is 0 Å². The Bertz CT molecular complexity index is 2240. The standard InChI is InChI=1S/C33H21IN2/c1-33(2)23-13-5-3-10-21(23)28-24(33)17-22-20-12-7-11-19-18-9-4-6-14-25(18)35(31(19)20)26-15-8-16-27-30(26)29(22)32(28)36(27)34/h3-17H,1-2H3. The molecule has 2 nitrogen and oxygen atoms in total. The summed E-state index contributed by atoms with van der Waals surface area (Å²) in [4.78, 5) is 0. The van der Waals surface area contributed by atoms with Crippen molar-refractivity contribution in [2.45, 2.75) is 19.3 Å². The zero-order chi connectivity index (χ0) is 23.9. The zero-order valence-corrected chi connectivity index (χ0v) is 22.1. The van der Waals surface area contributed by atoms with Gasteiger partial charge in [-0.2, -0.15) is 0 Å². The summed E-state index contributed by atoms with van der Waals surface area (Å²) in [5, 5.41) is 8.04. The average Bonchev–Trinajstić information content (AvgIpc) is 3.44. The third-order valence-electron chi connectivity index (χ3n) is 8.75. The Hall–Kier alpha value is -3.57. The van der Waals surface area contributed by atoms with Gasteiger partial charge < -0.3 is 4.40 Å². The van der Waals surface area contributed by atoms with Crippen LogP contribution in [0.15, 0.2) is 91.0 Å². The van der Waals surface area contributed by atoms with Gasteiger partial charge in [-0.05, 0) is 46.3 Å². The molecule has 5 aromatic carbocycles. The lowest BCUT2D eigenvalue weighted by Crippen LogP contribution is -2.14. The predicted molar refractivity (Wildman–Crippen MR) is 161 cm³/mol. The van der Waals surface area contributed by atoms with E-state index in [-0.39, 0.29) is 5.41 Å². The monoisotopic (exact) mass is 572 g/mol. The SMILES string of the molecule is CC1(C)c2ccccc2-c2c1cc1c3cccc4c5ccccc5n(c5cccc6c5c1c2n6I)c34. The summed E-state index contributed by atoms with van der Waals surface area (Å²) in [6.07, 6.45) is 0. The maximum atomic E-state index is 2.54. The van der Waals surface area contributed by atoms with Crippen LogP contribution in [-0.4, -0.2) is 7.18 Å². The van der Waals surface area contributed by atoms with Crippen molar-refractivity contribution < 1.29 is 0 Å². The van der Waals surface area contributed by atoms with Crippen molar-refractivity contribution in [3.8, 4) is 11.1 Å². The van der Waals surface area contributed by atoms with Crippen molar-refractivity contribution in [1.29, 1.82) is 0 Å². The fraction of sp³-hybridized carbons (Fsp3) is 0.0909. The number of halogens is 1. The number of hydrogen-bond acceptors (Lipinski definition) is 0. The lowest BCUT2D eigenvalue weighted by molar-refractivity contribution is 0.661. The Balaban J connectivity index is 1.71. The van der Waals surface area contributed by atoms with Crippen LogP contribution in [0, 0.1) is 0 Å². The van der Waals surface area contributed by atoms with E-state index in [0.29, 0.717) is 0 Å². The van der Waals surface area contributed by atoms with Gasteiger partial charge in [-0.1, -0.05) is 80.6 Å². The molecule has 0 saturated heterocycles. The first-order valence-corrected chi connectivity index (χ1v) is 13.5. The number of para-hydroxylation sites is 2. The summed E-state index contributed by atoms with van der Waals surface area (Å²) < 4.78 is 4.94. The molecule has 3 heteroatoms. The third-order valence-corrected chi connectivity index (χ3v) is 9.75. The summed E-state index contributed by atoms with van der Waals surface area (Å²) >= 11 is 2.54. The Kier molecular flexibility index (Phi) is 3.38. The maximum Gasteiger partial charge on any atom is 0.0678 e. The molecule has 9 rings (SSSR count). The number of nitrogens with zero attached hydrogens (tertiary/aromatic N) is 2. The van der Waals surface area contributed by atoms with Crippen molar-refractivity contribution in [1.82, 2.24) is 7.18 Å². The molecule has 0 amide bonds. The fourth-order valence-corrected chi connectivity index (χ4v) is 8.11. The smallest absolute Gasteiger partial charge is 0.0678 e. The Morgan fingerprint density at radius 2 is 1.25 bits per heavy atom. The van der Waals surface area contributed by atoms with Gasteiger partial charge in [0.2, 0.25) is 0 Å². The van der Waals surface area contributed by atoms with Gasteiger partial charge in [0.15, 0.2) is 0 Å². The van der Waals surface area contributed by atoms with Crippen molar-refractivity contribution in [2.24, 2.45) is 0 Å². The molecule has 0 N–H and O–H groups in total. The first kappa shape index (κ1) is 19.6. The second-order valence-electron chi connectivity index (χ2n) is 10.7. The first-order chi connectivity index (χ1) is 17.6. The molecule has 0 aliphatic heterocycles. The van der Waals surface area contributed by atoms with E-state index >= 15 is 0 Å². The lowest BCUT2D eigenvalue weighted by atomic mass is 9.81. The summed E-state index contributed by atoms with van der Waals surface area (Å²) in [6.45, 7) is 4.77. The summed E-state index contributed by atoms with van der Waals surface area (Å²) in [5.41, 5.74) is 12.0. The Labute approximate surface area is 221 Å². The van der Waals surface area contributed by atoms with Crippen LogP contribution in [0.2, 0.25) is 0 Å². The largest absolute Gasteiger partial charge is 0.308 e. The van der Waals surface area contributed by atoms with E-state index in [9.17, 15) is 0 Å². The van der Waals surface area contributed by atoms with E-state index < -0.39 is 0 Å². The molecular weight excluding hydrogens is 551 g/mol. The Morgan fingerprint density at radius 1 is 0.583 bits per heavy atom. The molecule has 1 aliphatic carbocycles. The molecule has 0 bridgehead atoms. The molecule has 0 fully saturated rings. The molecule has 0 unspecified atom stereocenters. The minimum atomic E-state index is -0.0561. The van der Waals surface area contributed by atoms with Crippen LogP contribution in [0.25, 0.3) is 71.0 Å². The summed E-state index contributed by atoms with van der Waals surface area (Å²) in [5.74, 6) is 0. The molecule has 0 spiro atoms. The minimum Gasteiger partial charge on any atom is -0.308 e. The van der Waals surface area contributed by atoms with Gasteiger partial charge >= 0.3 is 0 Å². The minimum absolute atomic E-state index is 0.0561. The third kappa shape index (κ3) is 2.01. The van der Waals surface area contributed by atoms with Gasteiger partial charge in [-0.3, -0.25) is 2.78 Å². The van der Waals surface area contributed by atoms with Gasteiger partial charge in [0.25, 0.3) is 0 Å². The molecule has 36 heavy (non-hydrogen) atoms.